The Kier molecular flexibility index (Phi) is 4.81. The van der Waals surface area contributed by atoms with E-state index in [9.17, 15) is 14.0 Å². The molecule has 3 heterocycles. The summed E-state index contributed by atoms with van der Waals surface area (Å²) in [6.07, 6.45) is 1.77. The number of anilines is 1. The molecule has 2 aliphatic rings. The average molecular weight is 441 g/mol. The Morgan fingerprint density at radius 3 is 2.55 bits per heavy atom. The molecule has 1 fully saturated rings. The van der Waals surface area contributed by atoms with E-state index in [1.807, 2.05) is 18.4 Å². The lowest BCUT2D eigenvalue weighted by Crippen LogP contribution is -2.41. The number of nitrogens with one attached hydrogen (secondary N) is 1. The van der Waals surface area contributed by atoms with Gasteiger partial charge in [-0.15, -0.1) is 0 Å². The van der Waals surface area contributed by atoms with Gasteiger partial charge < -0.3 is 14.8 Å². The molecule has 160 valence electrons. The Balaban J connectivity index is 1.53. The van der Waals surface area contributed by atoms with Gasteiger partial charge in [-0.1, -0.05) is 0 Å². The van der Waals surface area contributed by atoms with E-state index >= 15 is 0 Å². The van der Waals surface area contributed by atoms with E-state index in [0.29, 0.717) is 41.1 Å². The van der Waals surface area contributed by atoms with E-state index in [2.05, 4.69) is 14.7 Å². The zero-order chi connectivity index (χ0) is 21.7. The van der Waals surface area contributed by atoms with Crippen molar-refractivity contribution in [3.63, 3.8) is 0 Å². The lowest BCUT2D eigenvalue weighted by Gasteiger charge is -2.35. The summed E-state index contributed by atoms with van der Waals surface area (Å²) in [6.45, 7) is 4.70. The van der Waals surface area contributed by atoms with E-state index in [4.69, 9.17) is 4.98 Å². The van der Waals surface area contributed by atoms with Gasteiger partial charge in [0.25, 0.3) is 5.91 Å². The van der Waals surface area contributed by atoms with Crippen molar-refractivity contribution in [2.45, 2.75) is 39.3 Å². The lowest BCUT2D eigenvalue weighted by atomic mass is 10.1. The number of hydrogen-bond acceptors (Lipinski definition) is 6. The number of carbonyl (C=O) groups excluding carboxylic acids is 2. The first-order valence-electron chi connectivity index (χ1n) is 10.2. The molecule has 1 aromatic carbocycles. The minimum atomic E-state index is -0.386. The number of nitrogens with zero attached hydrogens (tertiary/aromatic N) is 5. The molecule has 1 saturated carbocycles. The first-order valence-corrected chi connectivity index (χ1v) is 11.0. The van der Waals surface area contributed by atoms with Gasteiger partial charge in [0.15, 0.2) is 16.6 Å². The van der Waals surface area contributed by atoms with Crippen LogP contribution >= 0.6 is 11.5 Å². The molecular formula is C21H21FN6O2S. The second kappa shape index (κ2) is 7.52. The molecule has 31 heavy (non-hydrogen) atoms. The van der Waals surface area contributed by atoms with Crippen LogP contribution in [0.5, 0.6) is 0 Å². The van der Waals surface area contributed by atoms with Crippen molar-refractivity contribution in [3.8, 4) is 10.8 Å². The maximum Gasteiger partial charge on any atom is 0.254 e. The number of amides is 2. The minimum absolute atomic E-state index is 0.0282. The number of benzene rings is 1. The predicted octanol–water partition coefficient (Wildman–Crippen LogP) is 3.41. The van der Waals surface area contributed by atoms with Gasteiger partial charge in [-0.25, -0.2) is 14.4 Å². The maximum atomic E-state index is 13.3. The molecule has 1 atom stereocenters. The van der Waals surface area contributed by atoms with Gasteiger partial charge in [0.1, 0.15) is 11.6 Å². The van der Waals surface area contributed by atoms with Crippen LogP contribution in [0.1, 0.15) is 47.7 Å². The molecule has 0 bridgehead atoms. The minimum Gasteiger partial charge on any atom is -0.328 e. The van der Waals surface area contributed by atoms with Crippen molar-refractivity contribution in [1.29, 1.82) is 0 Å². The van der Waals surface area contributed by atoms with E-state index < -0.39 is 0 Å². The highest BCUT2D eigenvalue weighted by Crippen LogP contribution is 2.38. The third-order valence-corrected chi connectivity index (χ3v) is 6.50. The summed E-state index contributed by atoms with van der Waals surface area (Å²) >= 11 is 1.26. The summed E-state index contributed by atoms with van der Waals surface area (Å²) in [4.78, 5) is 36.5. The van der Waals surface area contributed by atoms with Crippen molar-refractivity contribution in [2.24, 2.45) is 5.92 Å². The Labute approximate surface area is 182 Å². The van der Waals surface area contributed by atoms with Crippen LogP contribution in [0.3, 0.4) is 0 Å². The topological polar surface area (TPSA) is 93.0 Å². The molecule has 1 N–H and O–H groups in total. The molecular weight excluding hydrogens is 419 g/mol. The van der Waals surface area contributed by atoms with Crippen LogP contribution in [0, 0.1) is 18.7 Å². The van der Waals surface area contributed by atoms with Gasteiger partial charge in [0, 0.05) is 24.6 Å². The average Bonchev–Trinajstić information content (AvgIpc) is 3.42. The van der Waals surface area contributed by atoms with Gasteiger partial charge in [0.2, 0.25) is 5.91 Å². The molecule has 5 rings (SSSR count). The largest absolute Gasteiger partial charge is 0.328 e. The number of rotatable bonds is 4. The lowest BCUT2D eigenvalue weighted by molar-refractivity contribution is -0.117. The Morgan fingerprint density at radius 1 is 1.16 bits per heavy atom. The molecule has 0 radical (unpaired) electrons. The molecule has 2 amide bonds. The summed E-state index contributed by atoms with van der Waals surface area (Å²) in [7, 11) is 0. The van der Waals surface area contributed by atoms with Crippen molar-refractivity contribution in [1.82, 2.24) is 23.8 Å². The molecule has 0 spiro atoms. The zero-order valence-electron chi connectivity index (χ0n) is 17.1. The summed E-state index contributed by atoms with van der Waals surface area (Å²) < 4.78 is 19.6. The fourth-order valence-electron chi connectivity index (χ4n) is 3.91. The highest BCUT2D eigenvalue weighted by atomic mass is 32.1. The van der Waals surface area contributed by atoms with Gasteiger partial charge in [-0.3, -0.25) is 9.59 Å². The number of aryl methyl sites for hydroxylation is 1. The molecule has 3 aromatic rings. The summed E-state index contributed by atoms with van der Waals surface area (Å²) in [5.41, 5.74) is 1.18. The van der Waals surface area contributed by atoms with Crippen molar-refractivity contribution in [2.75, 3.05) is 11.9 Å². The molecule has 2 aromatic heterocycles. The van der Waals surface area contributed by atoms with Crippen LogP contribution in [0.2, 0.25) is 0 Å². The van der Waals surface area contributed by atoms with E-state index in [1.165, 1.54) is 35.8 Å². The summed E-state index contributed by atoms with van der Waals surface area (Å²) in [5.74, 6) is 1.18. The SMILES string of the molecule is Cc1nsc(-c2nc(NC(=O)C3CC3)c3n2CCN(C(=O)c2ccc(F)cc2)[C@@H]3C)n1. The summed E-state index contributed by atoms with van der Waals surface area (Å²) in [5, 5.41) is 3.64. The molecule has 10 heteroatoms. The van der Waals surface area contributed by atoms with Crippen LogP contribution < -0.4 is 5.32 Å². The highest BCUT2D eigenvalue weighted by Gasteiger charge is 2.37. The normalized spacial score (nSPS) is 18.0. The quantitative estimate of drug-likeness (QED) is 0.671. The fraction of sp³-hybridized carbons (Fsp3) is 0.381. The highest BCUT2D eigenvalue weighted by molar-refractivity contribution is 7.09. The van der Waals surface area contributed by atoms with E-state index in [0.717, 1.165) is 18.5 Å². The van der Waals surface area contributed by atoms with Crippen LogP contribution in [-0.2, 0) is 11.3 Å². The Morgan fingerprint density at radius 2 is 1.90 bits per heavy atom. The second-order valence-electron chi connectivity index (χ2n) is 7.91. The second-order valence-corrected chi connectivity index (χ2v) is 8.66. The van der Waals surface area contributed by atoms with Gasteiger partial charge in [-0.2, -0.15) is 4.37 Å². The van der Waals surface area contributed by atoms with E-state index in [1.54, 1.807) is 4.90 Å². The third-order valence-electron chi connectivity index (χ3n) is 5.70. The number of carbonyl (C=O) groups is 2. The van der Waals surface area contributed by atoms with Crippen molar-refractivity contribution < 1.29 is 14.0 Å². The standard InChI is InChI=1S/C21H21FN6O2S/c1-11-16-17(25-19(29)13-3-4-13)24-18(20-23-12(2)26-31-20)28(16)10-9-27(11)21(30)14-5-7-15(22)8-6-14/h5-8,11,13H,3-4,9-10H2,1-2H3,(H,25,29)/t11-/m1/s1. The number of fused-ring (bicyclic) bond motifs is 1. The molecule has 8 nitrogen and oxygen atoms in total. The molecule has 1 aliphatic carbocycles. The molecule has 0 saturated heterocycles. The number of hydrogen-bond donors (Lipinski definition) is 1. The van der Waals surface area contributed by atoms with Gasteiger partial charge in [0.05, 0.1) is 11.7 Å². The van der Waals surface area contributed by atoms with Gasteiger partial charge in [-0.05, 0) is 62.5 Å². The Hall–Kier alpha value is -3.14. The zero-order valence-corrected chi connectivity index (χ0v) is 17.9. The first kappa shape index (κ1) is 19.8. The predicted molar refractivity (Wildman–Crippen MR) is 113 cm³/mol. The maximum absolute atomic E-state index is 13.3. The smallest absolute Gasteiger partial charge is 0.254 e. The van der Waals surface area contributed by atoms with E-state index in [-0.39, 0.29) is 29.6 Å². The monoisotopic (exact) mass is 440 g/mol. The van der Waals surface area contributed by atoms with Crippen LogP contribution in [0.25, 0.3) is 10.8 Å². The molecule has 0 unspecified atom stereocenters. The van der Waals surface area contributed by atoms with Crippen LogP contribution in [0.15, 0.2) is 24.3 Å². The fourth-order valence-corrected chi connectivity index (χ4v) is 4.58. The van der Waals surface area contributed by atoms with Gasteiger partial charge >= 0.3 is 0 Å². The first-order chi connectivity index (χ1) is 14.9. The Bertz CT molecular complexity index is 1170. The van der Waals surface area contributed by atoms with Crippen LogP contribution in [0.4, 0.5) is 10.2 Å². The third kappa shape index (κ3) is 3.60. The molecule has 1 aliphatic heterocycles. The number of aromatic nitrogens is 4. The van der Waals surface area contributed by atoms with Crippen molar-refractivity contribution >= 4 is 29.2 Å². The summed E-state index contributed by atoms with van der Waals surface area (Å²) in [6, 6.07) is 5.20. The van der Waals surface area contributed by atoms with Crippen molar-refractivity contribution in [3.05, 3.63) is 47.2 Å². The van der Waals surface area contributed by atoms with Crippen LogP contribution in [-0.4, -0.2) is 42.2 Å². The number of imidazole rings is 1. The number of halogens is 1.